The monoisotopic (exact) mass is 820 g/mol. The van der Waals surface area contributed by atoms with E-state index in [0.717, 1.165) is 49.9 Å². The predicted octanol–water partition coefficient (Wildman–Crippen LogP) is 5.53. The molecular weight excluding hydrogens is 777 g/mol. The Balaban J connectivity index is 1.18. The Bertz CT molecular complexity index is 2870. The van der Waals surface area contributed by atoms with Crippen LogP contribution in [0.15, 0.2) is 97.1 Å². The Morgan fingerprint density at radius 3 is 1.72 bits per heavy atom. The lowest BCUT2D eigenvalue weighted by Crippen LogP contribution is -2.19. The van der Waals surface area contributed by atoms with Gasteiger partial charge in [0.1, 0.15) is 18.9 Å². The second kappa shape index (κ2) is 18.4. The molecule has 0 saturated carbocycles. The van der Waals surface area contributed by atoms with Crippen molar-refractivity contribution in [3.63, 3.8) is 0 Å². The summed E-state index contributed by atoms with van der Waals surface area (Å²) >= 11 is 0. The lowest BCUT2D eigenvalue weighted by molar-refractivity contribution is -0.121. The number of amides is 2. The first-order chi connectivity index (χ1) is 29.8. The largest absolute Gasteiger partial charge is 0.382 e. The highest BCUT2D eigenvalue weighted by Crippen LogP contribution is 2.31. The molecule has 0 bridgehead atoms. The van der Waals surface area contributed by atoms with Crippen LogP contribution in [-0.4, -0.2) is 105 Å². The number of nitrogens with one attached hydrogen (secondary N) is 3. The van der Waals surface area contributed by atoms with E-state index in [1.165, 1.54) is 0 Å². The summed E-state index contributed by atoms with van der Waals surface area (Å²) in [5, 5.41) is 24.6. The molecule has 0 spiro atoms. The molecule has 0 aliphatic heterocycles. The number of aromatic amines is 1. The highest BCUT2D eigenvalue weighted by Gasteiger charge is 2.22. The molecule has 0 aliphatic rings. The van der Waals surface area contributed by atoms with E-state index < -0.39 is 0 Å². The molecule has 0 fully saturated rings. The average Bonchev–Trinajstić information content (AvgIpc) is 4.03. The highest BCUT2D eigenvalue weighted by atomic mass is 16.5. The van der Waals surface area contributed by atoms with Gasteiger partial charge < -0.3 is 29.6 Å². The zero-order valence-corrected chi connectivity index (χ0v) is 34.1. The van der Waals surface area contributed by atoms with Gasteiger partial charge in [0.25, 0.3) is 0 Å². The molecule has 2 amide bonds. The number of ether oxygens (including phenoxy) is 4. The number of aryl methyl sites for hydroxylation is 2. The maximum atomic E-state index is 12.4. The van der Waals surface area contributed by atoms with Crippen molar-refractivity contribution in [1.82, 2.24) is 39.6 Å². The zero-order valence-electron chi connectivity index (χ0n) is 34.1. The third-order valence-electron chi connectivity index (χ3n) is 9.90. The zero-order chi connectivity index (χ0) is 42.3. The molecule has 310 valence electrons. The minimum absolute atomic E-state index is 0.0745. The predicted molar refractivity (Wildman–Crippen MR) is 231 cm³/mol. The Morgan fingerprint density at radius 1 is 0.639 bits per heavy atom. The molecule has 8 rings (SSSR count). The van der Waals surface area contributed by atoms with Crippen molar-refractivity contribution in [2.45, 2.75) is 13.8 Å². The minimum Gasteiger partial charge on any atom is -0.382 e. The first-order valence-electron chi connectivity index (χ1n) is 19.6. The van der Waals surface area contributed by atoms with Gasteiger partial charge in [-0.05, 0) is 79.6 Å². The van der Waals surface area contributed by atoms with E-state index in [1.807, 2.05) is 67.6 Å². The number of aromatic nitrogens is 8. The van der Waals surface area contributed by atoms with E-state index in [2.05, 4.69) is 40.9 Å². The second-order valence-corrected chi connectivity index (χ2v) is 14.2. The van der Waals surface area contributed by atoms with Crippen molar-refractivity contribution in [2.24, 2.45) is 0 Å². The number of carbonyl (C=O) groups excluding carboxylic acids is 2. The Kier molecular flexibility index (Phi) is 12.3. The van der Waals surface area contributed by atoms with Crippen LogP contribution in [0.3, 0.4) is 0 Å². The minimum atomic E-state index is -0.265. The molecule has 0 atom stereocenters. The summed E-state index contributed by atoms with van der Waals surface area (Å²) in [5.41, 5.74) is 10.2. The highest BCUT2D eigenvalue weighted by molar-refractivity contribution is 5.93. The maximum Gasteiger partial charge on any atom is 0.250 e. The molecule has 4 heterocycles. The van der Waals surface area contributed by atoms with E-state index in [1.54, 1.807) is 47.7 Å². The van der Waals surface area contributed by atoms with Crippen LogP contribution in [0.25, 0.3) is 62.7 Å². The molecule has 4 aromatic heterocycles. The number of carbonyl (C=O) groups is 2. The van der Waals surface area contributed by atoms with Crippen LogP contribution < -0.4 is 15.9 Å². The van der Waals surface area contributed by atoms with E-state index in [0.29, 0.717) is 66.4 Å². The molecule has 16 nitrogen and oxygen atoms in total. The summed E-state index contributed by atoms with van der Waals surface area (Å²) in [6.45, 7) is 5.45. The third kappa shape index (κ3) is 9.07. The van der Waals surface area contributed by atoms with Gasteiger partial charge in [0.15, 0.2) is 22.9 Å². The van der Waals surface area contributed by atoms with Gasteiger partial charge in [-0.3, -0.25) is 14.7 Å². The average molecular weight is 821 g/mol. The van der Waals surface area contributed by atoms with Crippen LogP contribution in [0, 0.1) is 13.8 Å². The number of benzene rings is 4. The second-order valence-electron chi connectivity index (χ2n) is 14.2. The van der Waals surface area contributed by atoms with Gasteiger partial charge in [0, 0.05) is 53.4 Å². The molecule has 16 heteroatoms. The quantitative estimate of drug-likeness (QED) is 0.0982. The molecule has 3 N–H and O–H groups in total. The van der Waals surface area contributed by atoms with E-state index >= 15 is 0 Å². The lowest BCUT2D eigenvalue weighted by atomic mass is 10.0. The molecule has 4 aromatic carbocycles. The summed E-state index contributed by atoms with van der Waals surface area (Å²) < 4.78 is 23.9. The van der Waals surface area contributed by atoms with Crippen LogP contribution in [0.1, 0.15) is 16.7 Å². The fraction of sp³-hybridized carbons (Fsp3) is 0.222. The Labute approximate surface area is 350 Å². The van der Waals surface area contributed by atoms with Crippen molar-refractivity contribution >= 4 is 40.6 Å². The first-order valence-corrected chi connectivity index (χ1v) is 19.6. The van der Waals surface area contributed by atoms with Crippen molar-refractivity contribution in [1.29, 1.82) is 0 Å². The summed E-state index contributed by atoms with van der Waals surface area (Å²) in [6.07, 6.45) is 2.05. The SMILES string of the molecule is COCCOCC(=O)Nc1ccc(-c2nc3/c(=C\c4c(-c5ccccc5C)[nH]n5nc(-c6ccc(NC(=O)COCCOC)cc6)nc45)c(-c4ccccc4C)nn3n2)cc1. The number of anilines is 2. The Hall–Kier alpha value is -7.11. The number of methoxy groups -OCH3 is 2. The summed E-state index contributed by atoms with van der Waals surface area (Å²) in [5.74, 6) is 0.432. The topological polar surface area (TPSA) is 184 Å². The number of rotatable bonds is 17. The summed E-state index contributed by atoms with van der Waals surface area (Å²) in [7, 11) is 3.16. The number of hydrogen-bond acceptors (Lipinski definition) is 11. The van der Waals surface area contributed by atoms with Crippen LogP contribution in [0.2, 0.25) is 0 Å². The summed E-state index contributed by atoms with van der Waals surface area (Å²) in [6, 6.07) is 30.8. The molecule has 0 saturated heterocycles. The van der Waals surface area contributed by atoms with Gasteiger partial charge in [0.05, 0.1) is 37.3 Å². The fourth-order valence-electron chi connectivity index (χ4n) is 6.81. The lowest BCUT2D eigenvalue weighted by Gasteiger charge is -2.07. The molecule has 0 radical (unpaired) electrons. The van der Waals surface area contributed by atoms with E-state index in [4.69, 9.17) is 44.2 Å². The normalized spacial score (nSPS) is 11.8. The van der Waals surface area contributed by atoms with Gasteiger partial charge in [-0.25, -0.2) is 9.97 Å². The van der Waals surface area contributed by atoms with Gasteiger partial charge in [0.2, 0.25) is 11.8 Å². The van der Waals surface area contributed by atoms with Crippen LogP contribution >= 0.6 is 0 Å². The van der Waals surface area contributed by atoms with Gasteiger partial charge in [-0.1, -0.05) is 48.5 Å². The van der Waals surface area contributed by atoms with Gasteiger partial charge in [-0.15, -0.1) is 19.9 Å². The van der Waals surface area contributed by atoms with Gasteiger partial charge >= 0.3 is 0 Å². The van der Waals surface area contributed by atoms with Crippen molar-refractivity contribution in [3.05, 3.63) is 119 Å². The van der Waals surface area contributed by atoms with Crippen LogP contribution in [-0.2, 0) is 28.5 Å². The molecule has 8 aromatic rings. The number of H-pyrrole nitrogens is 1. The number of fused-ring (bicyclic) bond motifs is 2. The summed E-state index contributed by atoms with van der Waals surface area (Å²) in [4.78, 5) is 34.9. The third-order valence-corrected chi connectivity index (χ3v) is 9.90. The smallest absolute Gasteiger partial charge is 0.250 e. The molecule has 0 unspecified atom stereocenters. The maximum absolute atomic E-state index is 12.4. The Morgan fingerprint density at radius 2 is 1.16 bits per heavy atom. The van der Waals surface area contributed by atoms with Crippen molar-refractivity contribution in [3.8, 4) is 45.3 Å². The molecule has 61 heavy (non-hydrogen) atoms. The number of nitrogens with zero attached hydrogens (tertiary/aromatic N) is 7. The fourth-order valence-corrected chi connectivity index (χ4v) is 6.81. The molecular formula is C45H44N10O6. The van der Waals surface area contributed by atoms with E-state index in [9.17, 15) is 9.59 Å². The first kappa shape index (κ1) is 40.7. The molecule has 0 aliphatic carbocycles. The van der Waals surface area contributed by atoms with Gasteiger partial charge in [-0.2, -0.15) is 4.63 Å². The van der Waals surface area contributed by atoms with Crippen LogP contribution in [0.4, 0.5) is 11.4 Å². The standard InChI is InChI=1S/C45H44N10O6/c1-28-9-5-7-11-34(28)40-36(44-48-42(52-54(44)50-40)30-13-17-32(18-14-30)46-38(56)26-60-23-21-58-3)25-37-41(35-12-8-6-10-29(35)2)51-55-45(37)49-43(53-55)31-15-19-33(20-16-31)47-39(57)27-61-24-22-59-4/h5-20,25,50H,21-24,26-27H2,1-4H3,(H,46,56)(H,47,57)/b37-25-. The van der Waals surface area contributed by atoms with Crippen molar-refractivity contribution in [2.75, 3.05) is 64.5 Å². The van der Waals surface area contributed by atoms with Crippen molar-refractivity contribution < 1.29 is 28.5 Å². The van der Waals surface area contributed by atoms with E-state index in [-0.39, 0.29) is 25.0 Å². The number of hydrogen-bond donors (Lipinski definition) is 3. The van der Waals surface area contributed by atoms with Crippen LogP contribution in [0.5, 0.6) is 0 Å².